The molecule has 2 saturated carbocycles. The summed E-state index contributed by atoms with van der Waals surface area (Å²) in [5, 5.41) is 0. The van der Waals surface area contributed by atoms with Crippen molar-refractivity contribution in [1.82, 2.24) is 0 Å². The standard InChI is InChI=1S/C11H20/c1-7-5-6-10-8(2)9(3)11(7,10)4/h7-10H,5-6H2,1-4H3. The van der Waals surface area contributed by atoms with Gasteiger partial charge in [-0.25, -0.2) is 0 Å². The minimum atomic E-state index is 0.722. The van der Waals surface area contributed by atoms with Crippen molar-refractivity contribution in [2.45, 2.75) is 40.5 Å². The maximum Gasteiger partial charge on any atom is -0.0241 e. The largest absolute Gasteiger partial charge is 0.0620 e. The molecule has 2 fully saturated rings. The fraction of sp³-hybridized carbons (Fsp3) is 1.00. The SMILES string of the molecule is CC1C(C)C2(C)C(C)CCC12. The summed E-state index contributed by atoms with van der Waals surface area (Å²) >= 11 is 0. The van der Waals surface area contributed by atoms with Crippen molar-refractivity contribution >= 4 is 0 Å². The highest BCUT2D eigenvalue weighted by molar-refractivity contribution is 5.07. The molecule has 0 spiro atoms. The molecule has 0 amide bonds. The van der Waals surface area contributed by atoms with Crippen molar-refractivity contribution in [1.29, 1.82) is 0 Å². The Morgan fingerprint density at radius 3 is 2.27 bits per heavy atom. The summed E-state index contributed by atoms with van der Waals surface area (Å²) < 4.78 is 0. The predicted octanol–water partition coefficient (Wildman–Crippen LogP) is 3.32. The van der Waals surface area contributed by atoms with E-state index < -0.39 is 0 Å². The van der Waals surface area contributed by atoms with E-state index in [1.165, 1.54) is 12.8 Å². The Labute approximate surface area is 70.4 Å². The van der Waals surface area contributed by atoms with E-state index in [9.17, 15) is 0 Å². The lowest BCUT2D eigenvalue weighted by molar-refractivity contribution is -0.0907. The van der Waals surface area contributed by atoms with Gasteiger partial charge in [-0.1, -0.05) is 27.7 Å². The first-order chi connectivity index (χ1) is 5.08. The quantitative estimate of drug-likeness (QED) is 0.499. The maximum atomic E-state index is 2.51. The van der Waals surface area contributed by atoms with Crippen LogP contribution in [0, 0.1) is 29.1 Å². The van der Waals surface area contributed by atoms with Gasteiger partial charge >= 0.3 is 0 Å². The highest BCUT2D eigenvalue weighted by Crippen LogP contribution is 2.66. The van der Waals surface area contributed by atoms with Crippen LogP contribution in [0.5, 0.6) is 0 Å². The molecule has 0 N–H and O–H groups in total. The molecule has 0 aromatic heterocycles. The molecule has 0 aromatic rings. The summed E-state index contributed by atoms with van der Waals surface area (Å²) in [5.74, 6) is 4.03. The van der Waals surface area contributed by atoms with E-state index in [-0.39, 0.29) is 0 Å². The van der Waals surface area contributed by atoms with Crippen LogP contribution < -0.4 is 0 Å². The molecule has 0 heterocycles. The molecule has 0 radical (unpaired) electrons. The molecule has 2 aliphatic carbocycles. The molecule has 0 heteroatoms. The summed E-state index contributed by atoms with van der Waals surface area (Å²) in [5.41, 5.74) is 0.722. The molecule has 5 atom stereocenters. The lowest BCUT2D eigenvalue weighted by atomic mass is 9.48. The van der Waals surface area contributed by atoms with E-state index in [4.69, 9.17) is 0 Å². The van der Waals surface area contributed by atoms with Gasteiger partial charge in [0.1, 0.15) is 0 Å². The van der Waals surface area contributed by atoms with E-state index in [0.29, 0.717) is 0 Å². The minimum Gasteiger partial charge on any atom is -0.0620 e. The number of hydrogen-bond donors (Lipinski definition) is 0. The van der Waals surface area contributed by atoms with Crippen molar-refractivity contribution < 1.29 is 0 Å². The highest BCUT2D eigenvalue weighted by Gasteiger charge is 2.59. The molecule has 0 bridgehead atoms. The van der Waals surface area contributed by atoms with Gasteiger partial charge in [0.15, 0.2) is 0 Å². The van der Waals surface area contributed by atoms with Crippen LogP contribution in [0.25, 0.3) is 0 Å². The third-order valence-electron chi connectivity index (χ3n) is 5.18. The van der Waals surface area contributed by atoms with Gasteiger partial charge in [-0.3, -0.25) is 0 Å². The third kappa shape index (κ3) is 0.666. The zero-order valence-electron chi connectivity index (χ0n) is 8.22. The zero-order chi connectivity index (χ0) is 8.22. The number of hydrogen-bond acceptors (Lipinski definition) is 0. The second kappa shape index (κ2) is 2.02. The lowest BCUT2D eigenvalue weighted by Crippen LogP contribution is -2.51. The Balaban J connectivity index is 2.23. The second-order valence-corrected chi connectivity index (χ2v) is 5.10. The molecule has 0 aliphatic heterocycles. The van der Waals surface area contributed by atoms with Gasteiger partial charge in [0, 0.05) is 0 Å². The number of rotatable bonds is 0. The molecular formula is C11H20. The molecular weight excluding hydrogens is 132 g/mol. The average Bonchev–Trinajstić information content (AvgIpc) is 2.27. The smallest absolute Gasteiger partial charge is 0.0241 e. The average molecular weight is 152 g/mol. The first kappa shape index (κ1) is 7.64. The van der Waals surface area contributed by atoms with E-state index in [1.807, 2.05) is 0 Å². The van der Waals surface area contributed by atoms with Crippen LogP contribution in [0.4, 0.5) is 0 Å². The van der Waals surface area contributed by atoms with Crippen molar-refractivity contribution in [2.75, 3.05) is 0 Å². The van der Waals surface area contributed by atoms with Crippen molar-refractivity contribution in [3.05, 3.63) is 0 Å². The van der Waals surface area contributed by atoms with E-state index in [2.05, 4.69) is 27.7 Å². The Hall–Kier alpha value is 0. The normalized spacial score (nSPS) is 62.2. The van der Waals surface area contributed by atoms with Crippen LogP contribution in [0.2, 0.25) is 0 Å². The lowest BCUT2D eigenvalue weighted by Gasteiger charge is -2.57. The van der Waals surface area contributed by atoms with Crippen molar-refractivity contribution in [3.8, 4) is 0 Å². The molecule has 64 valence electrons. The van der Waals surface area contributed by atoms with E-state index in [0.717, 1.165) is 29.1 Å². The van der Waals surface area contributed by atoms with Gasteiger partial charge in [0.05, 0.1) is 0 Å². The van der Waals surface area contributed by atoms with Gasteiger partial charge in [0.2, 0.25) is 0 Å². The van der Waals surface area contributed by atoms with Gasteiger partial charge in [-0.05, 0) is 41.9 Å². The molecule has 2 rings (SSSR count). The first-order valence-electron chi connectivity index (χ1n) is 5.08. The summed E-state index contributed by atoms with van der Waals surface area (Å²) in [7, 11) is 0. The zero-order valence-corrected chi connectivity index (χ0v) is 8.22. The highest BCUT2D eigenvalue weighted by atomic mass is 14.6. The van der Waals surface area contributed by atoms with Crippen LogP contribution in [-0.4, -0.2) is 0 Å². The summed E-state index contributed by atoms with van der Waals surface area (Å²) in [6, 6.07) is 0. The number of fused-ring (bicyclic) bond motifs is 1. The minimum absolute atomic E-state index is 0.722. The Morgan fingerprint density at radius 1 is 1.09 bits per heavy atom. The maximum absolute atomic E-state index is 2.51. The van der Waals surface area contributed by atoms with Crippen LogP contribution >= 0.6 is 0 Å². The monoisotopic (exact) mass is 152 g/mol. The summed E-state index contributed by atoms with van der Waals surface area (Å²) in [6.45, 7) is 9.85. The Bertz CT molecular complexity index is 173. The molecule has 11 heavy (non-hydrogen) atoms. The Morgan fingerprint density at radius 2 is 1.73 bits per heavy atom. The molecule has 2 aliphatic rings. The van der Waals surface area contributed by atoms with Gasteiger partial charge < -0.3 is 0 Å². The molecule has 0 saturated heterocycles. The van der Waals surface area contributed by atoms with Crippen LogP contribution in [0.1, 0.15) is 40.5 Å². The molecule has 0 aromatic carbocycles. The Kier molecular flexibility index (Phi) is 1.41. The van der Waals surface area contributed by atoms with E-state index >= 15 is 0 Å². The summed E-state index contributed by atoms with van der Waals surface area (Å²) in [6.07, 6.45) is 2.99. The fourth-order valence-electron chi connectivity index (χ4n) is 3.83. The summed E-state index contributed by atoms with van der Waals surface area (Å²) in [4.78, 5) is 0. The van der Waals surface area contributed by atoms with Gasteiger partial charge in [-0.15, -0.1) is 0 Å². The third-order valence-corrected chi connectivity index (χ3v) is 5.18. The first-order valence-corrected chi connectivity index (χ1v) is 5.08. The van der Waals surface area contributed by atoms with Crippen LogP contribution in [0.3, 0.4) is 0 Å². The second-order valence-electron chi connectivity index (χ2n) is 5.10. The van der Waals surface area contributed by atoms with Crippen LogP contribution in [-0.2, 0) is 0 Å². The van der Waals surface area contributed by atoms with E-state index in [1.54, 1.807) is 0 Å². The molecule has 0 nitrogen and oxygen atoms in total. The van der Waals surface area contributed by atoms with Crippen LogP contribution in [0.15, 0.2) is 0 Å². The van der Waals surface area contributed by atoms with Gasteiger partial charge in [0.25, 0.3) is 0 Å². The van der Waals surface area contributed by atoms with Gasteiger partial charge in [-0.2, -0.15) is 0 Å². The van der Waals surface area contributed by atoms with Crippen molar-refractivity contribution in [2.24, 2.45) is 29.1 Å². The predicted molar refractivity (Wildman–Crippen MR) is 48.3 cm³/mol. The van der Waals surface area contributed by atoms with Crippen molar-refractivity contribution in [3.63, 3.8) is 0 Å². The molecule has 5 unspecified atom stereocenters. The fourth-order valence-corrected chi connectivity index (χ4v) is 3.83. The topological polar surface area (TPSA) is 0 Å².